The number of carbonyl (C=O) groups excluding carboxylic acids is 2. The van der Waals surface area contributed by atoms with Crippen molar-refractivity contribution >= 4 is 11.9 Å². The van der Waals surface area contributed by atoms with Crippen LogP contribution in [-0.2, 0) is 19.1 Å². The quantitative estimate of drug-likeness (QED) is 0.237. The largest absolute Gasteiger partial charge is 0.461 e. The van der Waals surface area contributed by atoms with Crippen LogP contribution >= 0.6 is 0 Å². The standard InChI is InChI=1S/C18H22F8O4/c1-3-5-6-7-8-12(4-2)30-14(28)10-9-13(27)29-11-16(21,22)18(25,26)17(23,24)15(19)20/h12,15H,3-5,8-11H2,1-2H3. The molecule has 0 saturated heterocycles. The Morgan fingerprint density at radius 2 is 1.50 bits per heavy atom. The molecule has 0 aromatic heterocycles. The first kappa shape index (κ1) is 27.9. The van der Waals surface area contributed by atoms with E-state index in [-0.39, 0.29) is 6.42 Å². The summed E-state index contributed by atoms with van der Waals surface area (Å²) in [5.41, 5.74) is 0. The molecule has 0 aliphatic carbocycles. The Kier molecular flexibility index (Phi) is 11.1. The molecule has 30 heavy (non-hydrogen) atoms. The number of hydrogen-bond donors (Lipinski definition) is 0. The molecule has 4 nitrogen and oxygen atoms in total. The van der Waals surface area contributed by atoms with Gasteiger partial charge in [0.2, 0.25) is 0 Å². The summed E-state index contributed by atoms with van der Waals surface area (Å²) in [5.74, 6) is -15.5. The SMILES string of the molecule is CCCC#CCC(CC)OC(=O)CCC(=O)OCC(F)(F)C(F)(F)C(F)(F)C(F)F. The first-order valence-electron chi connectivity index (χ1n) is 8.95. The molecule has 0 saturated carbocycles. The van der Waals surface area contributed by atoms with Gasteiger partial charge in [-0.1, -0.05) is 19.8 Å². The molecule has 0 aliphatic rings. The van der Waals surface area contributed by atoms with Crippen LogP contribution in [0.5, 0.6) is 0 Å². The second kappa shape index (κ2) is 12.0. The molecule has 1 atom stereocenters. The average Bonchev–Trinajstić information content (AvgIpc) is 2.66. The van der Waals surface area contributed by atoms with Crippen molar-refractivity contribution in [3.63, 3.8) is 0 Å². The van der Waals surface area contributed by atoms with E-state index < -0.39 is 61.7 Å². The second-order valence-electron chi connectivity index (χ2n) is 6.19. The molecule has 1 unspecified atom stereocenters. The normalized spacial score (nSPS) is 13.4. The van der Waals surface area contributed by atoms with Gasteiger partial charge < -0.3 is 9.47 Å². The fraction of sp³-hybridized carbons (Fsp3) is 0.778. The molecule has 0 fully saturated rings. The zero-order valence-electron chi connectivity index (χ0n) is 16.3. The van der Waals surface area contributed by atoms with Crippen LogP contribution in [0.25, 0.3) is 0 Å². The minimum atomic E-state index is -6.47. The molecule has 0 N–H and O–H groups in total. The van der Waals surface area contributed by atoms with Crippen LogP contribution in [0.15, 0.2) is 0 Å². The van der Waals surface area contributed by atoms with Gasteiger partial charge in [-0.3, -0.25) is 9.59 Å². The Morgan fingerprint density at radius 3 is 2.00 bits per heavy atom. The fourth-order valence-electron chi connectivity index (χ4n) is 1.83. The van der Waals surface area contributed by atoms with Crippen LogP contribution in [0.4, 0.5) is 35.1 Å². The Labute approximate surface area is 168 Å². The van der Waals surface area contributed by atoms with E-state index in [4.69, 9.17) is 4.74 Å². The highest BCUT2D eigenvalue weighted by molar-refractivity contribution is 5.77. The van der Waals surface area contributed by atoms with Crippen molar-refractivity contribution in [3.05, 3.63) is 0 Å². The van der Waals surface area contributed by atoms with E-state index in [1.807, 2.05) is 6.92 Å². The van der Waals surface area contributed by atoms with Crippen molar-refractivity contribution in [3.8, 4) is 11.8 Å². The minimum absolute atomic E-state index is 0.229. The van der Waals surface area contributed by atoms with Crippen LogP contribution in [0, 0.1) is 11.8 Å². The number of halogens is 8. The molecular weight excluding hydrogens is 432 g/mol. The molecule has 0 aromatic rings. The summed E-state index contributed by atoms with van der Waals surface area (Å²) in [7, 11) is 0. The highest BCUT2D eigenvalue weighted by Crippen LogP contribution is 2.48. The lowest BCUT2D eigenvalue weighted by molar-refractivity contribution is -0.344. The number of ether oxygens (including phenoxy) is 2. The van der Waals surface area contributed by atoms with Gasteiger partial charge in [0.15, 0.2) is 6.61 Å². The summed E-state index contributed by atoms with van der Waals surface area (Å²) in [6, 6.07) is 0. The van der Waals surface area contributed by atoms with E-state index >= 15 is 0 Å². The Morgan fingerprint density at radius 1 is 0.933 bits per heavy atom. The molecule has 0 amide bonds. The molecule has 0 spiro atoms. The van der Waals surface area contributed by atoms with Crippen molar-refractivity contribution in [2.24, 2.45) is 0 Å². The van der Waals surface area contributed by atoms with Gasteiger partial charge in [-0.15, -0.1) is 5.92 Å². The van der Waals surface area contributed by atoms with Gasteiger partial charge in [0.05, 0.1) is 12.8 Å². The third-order valence-electron chi connectivity index (χ3n) is 3.68. The van der Waals surface area contributed by atoms with E-state index in [2.05, 4.69) is 16.6 Å². The van der Waals surface area contributed by atoms with Gasteiger partial charge in [-0.2, -0.15) is 26.3 Å². The van der Waals surface area contributed by atoms with Crippen LogP contribution in [0.1, 0.15) is 52.4 Å². The van der Waals surface area contributed by atoms with Crippen molar-refractivity contribution < 1.29 is 54.2 Å². The van der Waals surface area contributed by atoms with E-state index in [0.717, 1.165) is 6.42 Å². The van der Waals surface area contributed by atoms with Gasteiger partial charge >= 0.3 is 36.1 Å². The maximum Gasteiger partial charge on any atom is 0.381 e. The van der Waals surface area contributed by atoms with Gasteiger partial charge in [-0.25, -0.2) is 8.78 Å². The van der Waals surface area contributed by atoms with Crippen molar-refractivity contribution in [1.29, 1.82) is 0 Å². The third kappa shape index (κ3) is 7.99. The van der Waals surface area contributed by atoms with E-state index in [1.165, 1.54) is 0 Å². The summed E-state index contributed by atoms with van der Waals surface area (Å²) in [4.78, 5) is 23.0. The second-order valence-corrected chi connectivity index (χ2v) is 6.19. The molecule has 0 heterocycles. The number of rotatable bonds is 12. The van der Waals surface area contributed by atoms with Crippen molar-refractivity contribution in [2.75, 3.05) is 6.61 Å². The average molecular weight is 454 g/mol. The number of alkyl halides is 8. The number of unbranched alkanes of at least 4 members (excludes halogenated alkanes) is 1. The van der Waals surface area contributed by atoms with Crippen LogP contribution in [0.2, 0.25) is 0 Å². The van der Waals surface area contributed by atoms with Gasteiger partial charge in [0.25, 0.3) is 0 Å². The lowest BCUT2D eigenvalue weighted by atomic mass is 10.1. The summed E-state index contributed by atoms with van der Waals surface area (Å²) >= 11 is 0. The van der Waals surface area contributed by atoms with Crippen LogP contribution < -0.4 is 0 Å². The number of esters is 2. The van der Waals surface area contributed by atoms with Gasteiger partial charge in [0.1, 0.15) is 6.10 Å². The van der Waals surface area contributed by atoms with E-state index in [1.54, 1.807) is 6.92 Å². The van der Waals surface area contributed by atoms with E-state index in [9.17, 15) is 44.7 Å². The zero-order valence-corrected chi connectivity index (χ0v) is 16.3. The predicted octanol–water partition coefficient (Wildman–Crippen LogP) is 5.00. The number of hydrogen-bond acceptors (Lipinski definition) is 4. The predicted molar refractivity (Wildman–Crippen MR) is 88.5 cm³/mol. The molecule has 0 aliphatic heterocycles. The molecular formula is C18H22F8O4. The smallest absolute Gasteiger partial charge is 0.381 e. The minimum Gasteiger partial charge on any atom is -0.461 e. The van der Waals surface area contributed by atoms with Gasteiger partial charge in [-0.05, 0) is 12.8 Å². The lowest BCUT2D eigenvalue weighted by Gasteiger charge is -2.31. The first-order chi connectivity index (χ1) is 13.7. The molecule has 0 aromatic carbocycles. The Hall–Kier alpha value is -2.06. The van der Waals surface area contributed by atoms with Crippen molar-refractivity contribution in [2.45, 2.75) is 82.7 Å². The zero-order chi connectivity index (χ0) is 23.6. The van der Waals surface area contributed by atoms with E-state index in [0.29, 0.717) is 12.8 Å². The monoisotopic (exact) mass is 454 g/mol. The maximum absolute atomic E-state index is 13.3. The third-order valence-corrected chi connectivity index (χ3v) is 3.68. The highest BCUT2D eigenvalue weighted by atomic mass is 19.4. The molecule has 0 bridgehead atoms. The summed E-state index contributed by atoms with van der Waals surface area (Å²) in [6.45, 7) is 1.05. The molecule has 12 heteroatoms. The molecule has 0 rings (SSSR count). The Bertz CT molecular complexity index is 625. The fourth-order valence-corrected chi connectivity index (χ4v) is 1.83. The topological polar surface area (TPSA) is 52.6 Å². The van der Waals surface area contributed by atoms with Crippen LogP contribution in [0.3, 0.4) is 0 Å². The summed E-state index contributed by atoms with van der Waals surface area (Å²) < 4.78 is 111. The highest BCUT2D eigenvalue weighted by Gasteiger charge is 2.75. The summed E-state index contributed by atoms with van der Waals surface area (Å²) in [6.07, 6.45) is -5.06. The van der Waals surface area contributed by atoms with Crippen molar-refractivity contribution in [1.82, 2.24) is 0 Å². The van der Waals surface area contributed by atoms with Gasteiger partial charge in [0, 0.05) is 12.8 Å². The molecule has 174 valence electrons. The maximum atomic E-state index is 13.3. The summed E-state index contributed by atoms with van der Waals surface area (Å²) in [5, 5.41) is 0. The first-order valence-corrected chi connectivity index (χ1v) is 8.95. The Balaban J connectivity index is 4.61. The van der Waals surface area contributed by atoms with Crippen LogP contribution in [-0.4, -0.2) is 48.8 Å². The number of carbonyl (C=O) groups is 2. The molecule has 0 radical (unpaired) electrons. The lowest BCUT2D eigenvalue weighted by Crippen LogP contribution is -2.59.